The van der Waals surface area contributed by atoms with Crippen LogP contribution in [0.15, 0.2) is 35.8 Å². The Balaban J connectivity index is 1.51. The van der Waals surface area contributed by atoms with E-state index in [-0.39, 0.29) is 17.8 Å². The van der Waals surface area contributed by atoms with Gasteiger partial charge in [-0.25, -0.2) is 9.37 Å². The van der Waals surface area contributed by atoms with E-state index in [2.05, 4.69) is 14.8 Å². The second kappa shape index (κ2) is 7.93. The standard InChI is InChI=1S/C18H23FN4OS/c1-14(15-3-5-16(19)6-4-15)21(2)17(24)13-22-8-10-23(11-9-22)18-20-7-12-25-18/h3-7,12,14H,8-11,13H2,1-2H3. The van der Waals surface area contributed by atoms with Crippen LogP contribution in [0.5, 0.6) is 0 Å². The van der Waals surface area contributed by atoms with Gasteiger partial charge in [0.1, 0.15) is 5.82 Å². The molecule has 1 aromatic carbocycles. The van der Waals surface area contributed by atoms with Gasteiger partial charge >= 0.3 is 0 Å². The van der Waals surface area contributed by atoms with Crippen LogP contribution in [0.4, 0.5) is 9.52 Å². The fourth-order valence-electron chi connectivity index (χ4n) is 2.95. The van der Waals surface area contributed by atoms with Gasteiger partial charge in [0.25, 0.3) is 0 Å². The van der Waals surface area contributed by atoms with Crippen LogP contribution in [0.2, 0.25) is 0 Å². The number of anilines is 1. The van der Waals surface area contributed by atoms with Gasteiger partial charge in [0.15, 0.2) is 5.13 Å². The molecule has 0 radical (unpaired) electrons. The lowest BCUT2D eigenvalue weighted by molar-refractivity contribution is -0.133. The number of likely N-dealkylation sites (N-methyl/N-ethyl adjacent to an activating group) is 1. The predicted octanol–water partition coefficient (Wildman–Crippen LogP) is 2.62. The molecule has 25 heavy (non-hydrogen) atoms. The van der Waals surface area contributed by atoms with E-state index in [4.69, 9.17) is 0 Å². The number of hydrogen-bond donors (Lipinski definition) is 0. The number of benzene rings is 1. The molecule has 1 aliphatic rings. The number of halogens is 1. The Morgan fingerprint density at radius 1 is 1.28 bits per heavy atom. The highest BCUT2D eigenvalue weighted by Crippen LogP contribution is 2.21. The van der Waals surface area contributed by atoms with Crippen molar-refractivity contribution in [3.05, 3.63) is 47.2 Å². The molecule has 0 saturated carbocycles. The second-order valence-corrected chi connectivity index (χ2v) is 7.18. The van der Waals surface area contributed by atoms with Crippen LogP contribution in [0.25, 0.3) is 0 Å². The van der Waals surface area contributed by atoms with Crippen molar-refractivity contribution in [2.75, 3.05) is 44.7 Å². The maximum absolute atomic E-state index is 13.1. The molecule has 0 N–H and O–H groups in total. The Bertz CT molecular complexity index is 684. The number of rotatable bonds is 5. The molecule has 5 nitrogen and oxygen atoms in total. The molecule has 1 amide bonds. The summed E-state index contributed by atoms with van der Waals surface area (Å²) in [6.07, 6.45) is 1.82. The van der Waals surface area contributed by atoms with Gasteiger partial charge in [-0.05, 0) is 24.6 Å². The summed E-state index contributed by atoms with van der Waals surface area (Å²) in [7, 11) is 1.81. The molecule has 134 valence electrons. The summed E-state index contributed by atoms with van der Waals surface area (Å²) in [5.74, 6) is -0.178. The number of hydrogen-bond acceptors (Lipinski definition) is 5. The van der Waals surface area contributed by atoms with E-state index in [0.717, 1.165) is 36.9 Å². The topological polar surface area (TPSA) is 39.7 Å². The summed E-state index contributed by atoms with van der Waals surface area (Å²) in [5, 5.41) is 3.03. The summed E-state index contributed by atoms with van der Waals surface area (Å²) in [5.41, 5.74) is 0.936. The lowest BCUT2D eigenvalue weighted by Gasteiger charge is -2.35. The molecule has 0 spiro atoms. The minimum absolute atomic E-state index is 0.0790. The summed E-state index contributed by atoms with van der Waals surface area (Å²) < 4.78 is 13.1. The van der Waals surface area contributed by atoms with Crippen molar-refractivity contribution < 1.29 is 9.18 Å². The summed E-state index contributed by atoms with van der Waals surface area (Å²) in [6.45, 7) is 5.85. The molecule has 1 aliphatic heterocycles. The van der Waals surface area contributed by atoms with Gasteiger partial charge < -0.3 is 9.80 Å². The first-order chi connectivity index (χ1) is 12.0. The first-order valence-electron chi connectivity index (χ1n) is 8.42. The normalized spacial score (nSPS) is 16.7. The largest absolute Gasteiger partial charge is 0.346 e. The zero-order valence-corrected chi connectivity index (χ0v) is 15.4. The highest BCUT2D eigenvalue weighted by atomic mass is 32.1. The fourth-order valence-corrected chi connectivity index (χ4v) is 3.65. The van der Waals surface area contributed by atoms with Crippen LogP contribution in [-0.4, -0.2) is 60.5 Å². The highest BCUT2D eigenvalue weighted by Gasteiger charge is 2.23. The van der Waals surface area contributed by atoms with Gasteiger partial charge in [0.05, 0.1) is 12.6 Å². The van der Waals surface area contributed by atoms with Crippen molar-refractivity contribution in [3.8, 4) is 0 Å². The zero-order valence-electron chi connectivity index (χ0n) is 14.6. The van der Waals surface area contributed by atoms with Crippen molar-refractivity contribution in [3.63, 3.8) is 0 Å². The molecule has 1 saturated heterocycles. The van der Waals surface area contributed by atoms with Crippen molar-refractivity contribution >= 4 is 22.4 Å². The van der Waals surface area contributed by atoms with Crippen molar-refractivity contribution in [1.82, 2.24) is 14.8 Å². The minimum Gasteiger partial charge on any atom is -0.346 e. The Kier molecular flexibility index (Phi) is 5.65. The van der Waals surface area contributed by atoms with E-state index in [1.807, 2.05) is 25.5 Å². The van der Waals surface area contributed by atoms with Gasteiger partial charge in [-0.2, -0.15) is 0 Å². The lowest BCUT2D eigenvalue weighted by Crippen LogP contribution is -2.49. The summed E-state index contributed by atoms with van der Waals surface area (Å²) >= 11 is 1.65. The molecule has 1 fully saturated rings. The third-order valence-electron chi connectivity index (χ3n) is 4.75. The molecule has 0 aliphatic carbocycles. The average Bonchev–Trinajstić information content (AvgIpc) is 3.16. The smallest absolute Gasteiger partial charge is 0.236 e. The molecule has 3 rings (SSSR count). The molecule has 2 aromatic rings. The second-order valence-electron chi connectivity index (χ2n) is 6.31. The molecular weight excluding hydrogens is 339 g/mol. The van der Waals surface area contributed by atoms with E-state index in [9.17, 15) is 9.18 Å². The molecular formula is C18H23FN4OS. The Morgan fingerprint density at radius 2 is 1.96 bits per heavy atom. The quantitative estimate of drug-likeness (QED) is 0.820. The number of nitrogens with zero attached hydrogens (tertiary/aromatic N) is 4. The first-order valence-corrected chi connectivity index (χ1v) is 9.30. The minimum atomic E-state index is -0.261. The van der Waals surface area contributed by atoms with Crippen molar-refractivity contribution in [1.29, 1.82) is 0 Å². The van der Waals surface area contributed by atoms with Crippen LogP contribution in [0, 0.1) is 5.82 Å². The third kappa shape index (κ3) is 4.35. The van der Waals surface area contributed by atoms with E-state index in [1.54, 1.807) is 28.4 Å². The zero-order chi connectivity index (χ0) is 17.8. The molecule has 7 heteroatoms. The Morgan fingerprint density at radius 3 is 2.56 bits per heavy atom. The van der Waals surface area contributed by atoms with Gasteiger partial charge in [-0.3, -0.25) is 9.69 Å². The van der Waals surface area contributed by atoms with E-state index in [0.29, 0.717) is 6.54 Å². The fraction of sp³-hybridized carbons (Fsp3) is 0.444. The maximum atomic E-state index is 13.1. The first kappa shape index (κ1) is 17.8. The monoisotopic (exact) mass is 362 g/mol. The van der Waals surface area contributed by atoms with Crippen LogP contribution >= 0.6 is 11.3 Å². The van der Waals surface area contributed by atoms with E-state index in [1.165, 1.54) is 12.1 Å². The molecule has 1 aromatic heterocycles. The Labute approximate surface area is 151 Å². The molecule has 0 bridgehead atoms. The van der Waals surface area contributed by atoms with Gasteiger partial charge in [0, 0.05) is 44.8 Å². The number of thiazole rings is 1. The number of aromatic nitrogens is 1. The SMILES string of the molecule is CC(c1ccc(F)cc1)N(C)C(=O)CN1CCN(c2nccs2)CC1. The number of piperazine rings is 1. The van der Waals surface area contributed by atoms with Crippen molar-refractivity contribution in [2.45, 2.75) is 13.0 Å². The third-order valence-corrected chi connectivity index (χ3v) is 5.58. The van der Waals surface area contributed by atoms with Gasteiger partial charge in [-0.1, -0.05) is 12.1 Å². The molecule has 2 heterocycles. The molecule has 1 atom stereocenters. The molecule has 1 unspecified atom stereocenters. The number of carbonyl (C=O) groups excluding carboxylic acids is 1. The van der Waals surface area contributed by atoms with Crippen LogP contribution < -0.4 is 4.90 Å². The Hall–Kier alpha value is -1.99. The maximum Gasteiger partial charge on any atom is 0.236 e. The summed E-state index contributed by atoms with van der Waals surface area (Å²) in [4.78, 5) is 23.1. The number of amides is 1. The van der Waals surface area contributed by atoms with Crippen LogP contribution in [0.1, 0.15) is 18.5 Å². The van der Waals surface area contributed by atoms with E-state index < -0.39 is 0 Å². The van der Waals surface area contributed by atoms with Crippen LogP contribution in [0.3, 0.4) is 0 Å². The van der Waals surface area contributed by atoms with Crippen molar-refractivity contribution in [2.24, 2.45) is 0 Å². The van der Waals surface area contributed by atoms with Gasteiger partial charge in [-0.15, -0.1) is 11.3 Å². The van der Waals surface area contributed by atoms with Crippen LogP contribution in [-0.2, 0) is 4.79 Å². The number of carbonyl (C=O) groups is 1. The predicted molar refractivity (Wildman–Crippen MR) is 98.4 cm³/mol. The van der Waals surface area contributed by atoms with E-state index >= 15 is 0 Å². The van der Waals surface area contributed by atoms with Gasteiger partial charge in [0.2, 0.25) is 5.91 Å². The lowest BCUT2D eigenvalue weighted by atomic mass is 10.1. The highest BCUT2D eigenvalue weighted by molar-refractivity contribution is 7.13. The average molecular weight is 362 g/mol. The summed E-state index contributed by atoms with van der Waals surface area (Å²) in [6, 6.07) is 6.25.